The Morgan fingerprint density at radius 2 is 2.00 bits per heavy atom. The van der Waals surface area contributed by atoms with Gasteiger partial charge in [0.2, 0.25) is 0 Å². The summed E-state index contributed by atoms with van der Waals surface area (Å²) in [6.45, 7) is 1.62. The molecule has 0 bridgehead atoms. The third-order valence-electron chi connectivity index (χ3n) is 5.37. The number of rotatable bonds is 3. The van der Waals surface area contributed by atoms with Gasteiger partial charge in [-0.1, -0.05) is 19.3 Å². The second-order valence-electron chi connectivity index (χ2n) is 6.81. The van der Waals surface area contributed by atoms with Crippen molar-refractivity contribution in [2.75, 3.05) is 18.6 Å². The molecule has 1 aliphatic carbocycles. The smallest absolute Gasteiger partial charge is 0.254 e. The van der Waals surface area contributed by atoms with Gasteiger partial charge < -0.3 is 9.64 Å². The third-order valence-corrected chi connectivity index (χ3v) is 5.37. The molecule has 2 aromatic rings. The van der Waals surface area contributed by atoms with E-state index in [1.54, 1.807) is 13.4 Å². The Labute approximate surface area is 136 Å². The van der Waals surface area contributed by atoms with Crippen LogP contribution in [-0.4, -0.2) is 39.3 Å². The van der Waals surface area contributed by atoms with Crippen molar-refractivity contribution in [2.24, 2.45) is 5.92 Å². The van der Waals surface area contributed by atoms with E-state index in [0.717, 1.165) is 24.0 Å². The van der Waals surface area contributed by atoms with E-state index in [9.17, 15) is 0 Å². The van der Waals surface area contributed by atoms with E-state index in [4.69, 9.17) is 4.74 Å². The molecule has 1 aliphatic heterocycles. The monoisotopic (exact) mass is 315 g/mol. The van der Waals surface area contributed by atoms with E-state index in [1.165, 1.54) is 44.9 Å². The number of fused-ring (bicyclic) bond motifs is 2. The molecule has 0 spiro atoms. The van der Waals surface area contributed by atoms with Gasteiger partial charge >= 0.3 is 0 Å². The highest BCUT2D eigenvalue weighted by Gasteiger charge is 2.33. The normalized spacial score (nSPS) is 25.3. The van der Waals surface area contributed by atoms with Crippen LogP contribution in [0.25, 0.3) is 5.78 Å². The molecule has 23 heavy (non-hydrogen) atoms. The Balaban J connectivity index is 1.77. The van der Waals surface area contributed by atoms with E-state index in [2.05, 4.69) is 26.0 Å². The van der Waals surface area contributed by atoms with Crippen LogP contribution in [0.3, 0.4) is 0 Å². The second-order valence-corrected chi connectivity index (χ2v) is 6.81. The number of hydrogen-bond acceptors (Lipinski definition) is 5. The molecule has 0 amide bonds. The summed E-state index contributed by atoms with van der Waals surface area (Å²) in [6.07, 6.45) is 11.0. The number of anilines is 1. The van der Waals surface area contributed by atoms with Crippen molar-refractivity contribution in [1.82, 2.24) is 19.6 Å². The summed E-state index contributed by atoms with van der Waals surface area (Å²) < 4.78 is 7.19. The molecular formula is C17H25N5O. The SMILES string of the molecule is COCc1cc(N2CCCC[C@H]3CCCC[C@H]32)n2ncnc2n1. The Morgan fingerprint density at radius 3 is 2.87 bits per heavy atom. The van der Waals surface area contributed by atoms with Gasteiger partial charge in [-0.15, -0.1) is 0 Å². The highest BCUT2D eigenvalue weighted by atomic mass is 16.5. The lowest BCUT2D eigenvalue weighted by Crippen LogP contribution is -2.42. The first-order valence-corrected chi connectivity index (χ1v) is 8.82. The number of hydrogen-bond donors (Lipinski definition) is 0. The minimum Gasteiger partial charge on any atom is -0.378 e. The van der Waals surface area contributed by atoms with Crippen molar-refractivity contribution in [2.45, 2.75) is 57.6 Å². The highest BCUT2D eigenvalue weighted by Crippen LogP contribution is 2.37. The summed E-state index contributed by atoms with van der Waals surface area (Å²) in [5, 5.41) is 4.42. The molecule has 124 valence electrons. The van der Waals surface area contributed by atoms with E-state index in [-0.39, 0.29) is 0 Å². The molecule has 3 heterocycles. The van der Waals surface area contributed by atoms with Crippen LogP contribution < -0.4 is 4.90 Å². The Bertz CT molecular complexity index is 670. The van der Waals surface area contributed by atoms with Gasteiger partial charge in [0.05, 0.1) is 12.3 Å². The first kappa shape index (κ1) is 14.9. The Kier molecular flexibility index (Phi) is 4.16. The maximum atomic E-state index is 5.29. The van der Waals surface area contributed by atoms with E-state index >= 15 is 0 Å². The fraction of sp³-hybridized carbons (Fsp3) is 0.706. The Hall–Kier alpha value is -1.69. The predicted octanol–water partition coefficient (Wildman–Crippen LogP) is 2.82. The molecule has 2 aliphatic rings. The van der Waals surface area contributed by atoms with Crippen LogP contribution in [0.5, 0.6) is 0 Å². The standard InChI is InChI=1S/C17H25N5O/c1-23-11-14-10-16(22-17(20-14)18-12-19-22)21-9-5-4-7-13-6-2-3-8-15(13)21/h10,12-13,15H,2-9,11H2,1H3/t13-,15-/m1/s1. The summed E-state index contributed by atoms with van der Waals surface area (Å²) in [5.74, 6) is 2.63. The number of aromatic nitrogens is 4. The molecule has 0 aromatic carbocycles. The molecule has 2 aromatic heterocycles. The molecule has 0 unspecified atom stereocenters. The quantitative estimate of drug-likeness (QED) is 0.872. The summed E-state index contributed by atoms with van der Waals surface area (Å²) >= 11 is 0. The summed E-state index contributed by atoms with van der Waals surface area (Å²) in [7, 11) is 1.71. The van der Waals surface area contributed by atoms with Crippen molar-refractivity contribution in [3.63, 3.8) is 0 Å². The number of ether oxygens (including phenoxy) is 1. The van der Waals surface area contributed by atoms with Gasteiger partial charge in [-0.2, -0.15) is 14.6 Å². The number of nitrogens with zero attached hydrogens (tertiary/aromatic N) is 5. The van der Waals surface area contributed by atoms with Gasteiger partial charge in [0.15, 0.2) is 0 Å². The molecule has 6 nitrogen and oxygen atoms in total. The largest absolute Gasteiger partial charge is 0.378 e. The van der Waals surface area contributed by atoms with Crippen molar-refractivity contribution < 1.29 is 4.74 Å². The number of methoxy groups -OCH3 is 1. The summed E-state index contributed by atoms with van der Waals surface area (Å²) in [6, 6.07) is 2.78. The van der Waals surface area contributed by atoms with Crippen LogP contribution in [-0.2, 0) is 11.3 Å². The van der Waals surface area contributed by atoms with Crippen LogP contribution in [0.15, 0.2) is 12.4 Å². The van der Waals surface area contributed by atoms with Crippen molar-refractivity contribution in [1.29, 1.82) is 0 Å². The minimum atomic E-state index is 0.512. The predicted molar refractivity (Wildman–Crippen MR) is 88.4 cm³/mol. The van der Waals surface area contributed by atoms with E-state index in [1.807, 2.05) is 4.52 Å². The van der Waals surface area contributed by atoms with E-state index in [0.29, 0.717) is 18.4 Å². The van der Waals surface area contributed by atoms with Gasteiger partial charge in [0.1, 0.15) is 12.1 Å². The van der Waals surface area contributed by atoms with Crippen LogP contribution >= 0.6 is 0 Å². The van der Waals surface area contributed by atoms with Crippen LogP contribution in [0, 0.1) is 5.92 Å². The maximum absolute atomic E-state index is 5.29. The molecule has 2 atom stereocenters. The zero-order chi connectivity index (χ0) is 15.6. The fourth-order valence-corrected chi connectivity index (χ4v) is 4.34. The molecule has 0 N–H and O–H groups in total. The molecule has 1 saturated heterocycles. The summed E-state index contributed by atoms with van der Waals surface area (Å²) in [5.41, 5.74) is 0.930. The molecular weight excluding hydrogens is 290 g/mol. The zero-order valence-electron chi connectivity index (χ0n) is 13.8. The van der Waals surface area contributed by atoms with Gasteiger partial charge in [0, 0.05) is 25.8 Å². The minimum absolute atomic E-state index is 0.512. The van der Waals surface area contributed by atoms with Gasteiger partial charge in [-0.25, -0.2) is 4.98 Å². The lowest BCUT2D eigenvalue weighted by molar-refractivity contribution is 0.181. The topological polar surface area (TPSA) is 55.6 Å². The Morgan fingerprint density at radius 1 is 1.17 bits per heavy atom. The average Bonchev–Trinajstić information content (AvgIpc) is 2.94. The van der Waals surface area contributed by atoms with Crippen LogP contribution in [0.2, 0.25) is 0 Å². The lowest BCUT2D eigenvalue weighted by Gasteiger charge is -2.39. The average molecular weight is 315 g/mol. The fourth-order valence-electron chi connectivity index (χ4n) is 4.34. The van der Waals surface area contributed by atoms with Gasteiger partial charge in [0.25, 0.3) is 5.78 Å². The molecule has 4 rings (SSSR count). The maximum Gasteiger partial charge on any atom is 0.254 e. The van der Waals surface area contributed by atoms with E-state index < -0.39 is 0 Å². The van der Waals surface area contributed by atoms with Crippen molar-refractivity contribution in [3.05, 3.63) is 18.1 Å². The van der Waals surface area contributed by atoms with Crippen molar-refractivity contribution >= 4 is 11.6 Å². The molecule has 0 radical (unpaired) electrons. The highest BCUT2D eigenvalue weighted by molar-refractivity contribution is 5.48. The molecule has 1 saturated carbocycles. The van der Waals surface area contributed by atoms with Crippen LogP contribution in [0.1, 0.15) is 50.6 Å². The van der Waals surface area contributed by atoms with Crippen molar-refractivity contribution in [3.8, 4) is 0 Å². The van der Waals surface area contributed by atoms with Crippen LogP contribution in [0.4, 0.5) is 5.82 Å². The van der Waals surface area contributed by atoms with Gasteiger partial charge in [-0.3, -0.25) is 0 Å². The molecule has 2 fully saturated rings. The lowest BCUT2D eigenvalue weighted by atomic mass is 9.81. The zero-order valence-corrected chi connectivity index (χ0v) is 13.8. The second kappa shape index (κ2) is 6.43. The molecule has 6 heteroatoms. The first-order chi connectivity index (χ1) is 11.4. The third kappa shape index (κ3) is 2.80. The summed E-state index contributed by atoms with van der Waals surface area (Å²) in [4.78, 5) is 11.4. The van der Waals surface area contributed by atoms with Gasteiger partial charge in [-0.05, 0) is 31.6 Å². The first-order valence-electron chi connectivity index (χ1n) is 8.82.